The molecule has 1 saturated heterocycles. The van der Waals surface area contributed by atoms with Crippen molar-refractivity contribution < 1.29 is 14.9 Å². The Morgan fingerprint density at radius 3 is 2.46 bits per heavy atom. The Hall–Kier alpha value is -0.810. The summed E-state index contributed by atoms with van der Waals surface area (Å²) in [6.45, 7) is 1.82. The van der Waals surface area contributed by atoms with Gasteiger partial charge in [-0.15, -0.1) is 0 Å². The smallest absolute Gasteiger partial charge is 0.165 e. The molecule has 13 heavy (non-hydrogen) atoms. The van der Waals surface area contributed by atoms with Crippen molar-refractivity contribution in [2.24, 2.45) is 5.11 Å². The van der Waals surface area contributed by atoms with Crippen LogP contribution in [0.4, 0.5) is 0 Å². The summed E-state index contributed by atoms with van der Waals surface area (Å²) in [6.07, 6.45) is -2.86. The second-order valence-corrected chi connectivity index (χ2v) is 2.66. The van der Waals surface area contributed by atoms with E-state index in [1.165, 1.54) is 0 Å². The molecular formula is C7H15N3O3. The summed E-state index contributed by atoms with van der Waals surface area (Å²) in [4.78, 5) is 2.50. The average molecular weight is 189 g/mol. The number of nitrogens with zero attached hydrogens (tertiary/aromatic N) is 3. The number of aliphatic hydroxyl groups is 2. The van der Waals surface area contributed by atoms with Gasteiger partial charge in [-0.1, -0.05) is 19.5 Å². The molecule has 0 aromatic carbocycles. The van der Waals surface area contributed by atoms with Crippen LogP contribution in [-0.4, -0.2) is 34.8 Å². The van der Waals surface area contributed by atoms with Crippen LogP contribution in [0.25, 0.3) is 10.4 Å². The molecule has 2 N–H and O–H groups in total. The fourth-order valence-corrected chi connectivity index (χ4v) is 1.21. The molecule has 1 unspecified atom stereocenters. The number of aliphatic hydroxyl groups excluding tert-OH is 2. The number of azide groups is 1. The van der Waals surface area contributed by atoms with E-state index < -0.39 is 24.5 Å². The second kappa shape index (κ2) is 5.04. The molecule has 0 radical (unpaired) electrons. The number of hydrogen-bond donors (Lipinski definition) is 2. The van der Waals surface area contributed by atoms with Gasteiger partial charge in [-0.3, -0.25) is 0 Å². The number of hydrogen-bond acceptors (Lipinski definition) is 4. The minimum Gasteiger partial charge on any atom is -0.388 e. The largest absolute Gasteiger partial charge is 0.388 e. The van der Waals surface area contributed by atoms with Crippen LogP contribution in [0.5, 0.6) is 0 Å². The summed E-state index contributed by atoms with van der Waals surface area (Å²) < 4.78 is 5.06. The first-order valence-corrected chi connectivity index (χ1v) is 3.76. The van der Waals surface area contributed by atoms with Gasteiger partial charge >= 0.3 is 0 Å². The molecule has 1 rings (SSSR count). The minimum atomic E-state index is -1.11. The summed E-state index contributed by atoms with van der Waals surface area (Å²) in [5.74, 6) is 0. The van der Waals surface area contributed by atoms with Gasteiger partial charge in [0.1, 0.15) is 12.2 Å². The third kappa shape index (κ3) is 2.32. The molecule has 6 heteroatoms. The van der Waals surface area contributed by atoms with Crippen LogP contribution < -0.4 is 0 Å². The monoisotopic (exact) mass is 189 g/mol. The van der Waals surface area contributed by atoms with Crippen molar-refractivity contribution in [3.63, 3.8) is 0 Å². The normalized spacial score (nSPS) is 37.8. The quantitative estimate of drug-likeness (QED) is 0.381. The van der Waals surface area contributed by atoms with Gasteiger partial charge in [-0.05, 0) is 12.0 Å². The van der Waals surface area contributed by atoms with E-state index in [0.29, 0.717) is 6.42 Å². The van der Waals surface area contributed by atoms with E-state index in [9.17, 15) is 10.2 Å². The van der Waals surface area contributed by atoms with Crippen molar-refractivity contribution in [1.29, 1.82) is 0 Å². The maximum absolute atomic E-state index is 9.30. The highest BCUT2D eigenvalue weighted by Crippen LogP contribution is 2.23. The topological polar surface area (TPSA) is 98.5 Å². The lowest BCUT2D eigenvalue weighted by molar-refractivity contribution is 0.0101. The lowest BCUT2D eigenvalue weighted by Gasteiger charge is -2.10. The van der Waals surface area contributed by atoms with Crippen LogP contribution in [0.15, 0.2) is 5.11 Å². The van der Waals surface area contributed by atoms with Crippen LogP contribution in [0.2, 0.25) is 0 Å². The van der Waals surface area contributed by atoms with Crippen molar-refractivity contribution in [1.82, 2.24) is 0 Å². The SMILES string of the molecule is C.CC[C@H]1OC(N=[N+]=[N-])[C@H](O)[C@@H]1O. The number of ether oxygens (including phenoxy) is 1. The molecule has 0 bridgehead atoms. The molecule has 4 atom stereocenters. The van der Waals surface area contributed by atoms with Crippen molar-refractivity contribution in [2.45, 2.75) is 45.3 Å². The van der Waals surface area contributed by atoms with Gasteiger partial charge in [0, 0.05) is 4.91 Å². The summed E-state index contributed by atoms with van der Waals surface area (Å²) >= 11 is 0. The van der Waals surface area contributed by atoms with Crippen LogP contribution >= 0.6 is 0 Å². The zero-order valence-corrected chi connectivity index (χ0v) is 6.66. The minimum absolute atomic E-state index is 0. The molecular weight excluding hydrogens is 174 g/mol. The highest BCUT2D eigenvalue weighted by molar-refractivity contribution is 4.88. The molecule has 0 spiro atoms. The number of rotatable bonds is 2. The lowest BCUT2D eigenvalue weighted by Crippen LogP contribution is -2.31. The highest BCUT2D eigenvalue weighted by atomic mass is 16.6. The van der Waals surface area contributed by atoms with Gasteiger partial charge in [0.2, 0.25) is 0 Å². The fourth-order valence-electron chi connectivity index (χ4n) is 1.21. The Bertz CT molecular complexity index is 205. The Kier molecular flexibility index (Phi) is 4.72. The molecule has 0 aromatic rings. The van der Waals surface area contributed by atoms with Crippen molar-refractivity contribution in [3.8, 4) is 0 Å². The third-order valence-corrected chi connectivity index (χ3v) is 1.91. The summed E-state index contributed by atoms with van der Waals surface area (Å²) in [7, 11) is 0. The Balaban J connectivity index is 0.00000144. The fraction of sp³-hybridized carbons (Fsp3) is 1.00. The molecule has 1 fully saturated rings. The molecule has 0 aliphatic carbocycles. The molecule has 0 aromatic heterocycles. The van der Waals surface area contributed by atoms with Gasteiger partial charge in [-0.2, -0.15) is 0 Å². The standard InChI is InChI=1S/C6H11N3O3.CH4/c1-2-3-4(10)5(11)6(12-3)8-9-7;/h3-6,10-11H,2H2,1H3;1H4/t3-,4-,5-,6?;/m1./s1. The van der Waals surface area contributed by atoms with Gasteiger partial charge in [0.15, 0.2) is 6.23 Å². The predicted octanol–water partition coefficient (Wildman–Crippen LogP) is 0.789. The summed E-state index contributed by atoms with van der Waals surface area (Å²) in [6, 6.07) is 0. The average Bonchev–Trinajstić information content (AvgIpc) is 2.33. The van der Waals surface area contributed by atoms with Gasteiger partial charge in [0.25, 0.3) is 0 Å². The van der Waals surface area contributed by atoms with Gasteiger partial charge in [-0.25, -0.2) is 0 Å². The van der Waals surface area contributed by atoms with E-state index >= 15 is 0 Å². The predicted molar refractivity (Wildman–Crippen MR) is 46.8 cm³/mol. The van der Waals surface area contributed by atoms with Crippen LogP contribution in [0.1, 0.15) is 20.8 Å². The molecule has 76 valence electrons. The summed E-state index contributed by atoms with van der Waals surface area (Å²) in [5.41, 5.74) is 8.08. The molecule has 6 nitrogen and oxygen atoms in total. The van der Waals surface area contributed by atoms with Crippen molar-refractivity contribution in [2.75, 3.05) is 0 Å². The van der Waals surface area contributed by atoms with E-state index in [4.69, 9.17) is 10.3 Å². The van der Waals surface area contributed by atoms with Crippen LogP contribution in [0, 0.1) is 0 Å². The maximum atomic E-state index is 9.30. The Labute approximate surface area is 76.8 Å². The van der Waals surface area contributed by atoms with E-state index in [2.05, 4.69) is 10.0 Å². The first-order valence-electron chi connectivity index (χ1n) is 3.76. The maximum Gasteiger partial charge on any atom is 0.165 e. The second-order valence-electron chi connectivity index (χ2n) is 2.66. The van der Waals surface area contributed by atoms with Crippen molar-refractivity contribution in [3.05, 3.63) is 10.4 Å². The van der Waals surface area contributed by atoms with E-state index in [1.54, 1.807) is 0 Å². The molecule has 0 saturated carbocycles. The van der Waals surface area contributed by atoms with E-state index in [-0.39, 0.29) is 7.43 Å². The van der Waals surface area contributed by atoms with Crippen molar-refractivity contribution >= 4 is 0 Å². The Morgan fingerprint density at radius 2 is 2.08 bits per heavy atom. The van der Waals surface area contributed by atoms with Gasteiger partial charge in [0.05, 0.1) is 6.10 Å². The first kappa shape index (κ1) is 12.2. The molecule has 1 heterocycles. The molecule has 1 aliphatic heterocycles. The summed E-state index contributed by atoms with van der Waals surface area (Å²) in [5, 5.41) is 21.7. The zero-order chi connectivity index (χ0) is 9.14. The lowest BCUT2D eigenvalue weighted by atomic mass is 10.1. The van der Waals surface area contributed by atoms with E-state index in [1.807, 2.05) is 6.92 Å². The molecule has 1 aliphatic rings. The van der Waals surface area contributed by atoms with Crippen LogP contribution in [-0.2, 0) is 4.74 Å². The zero-order valence-electron chi connectivity index (χ0n) is 6.66. The first-order chi connectivity index (χ1) is 5.70. The molecule has 0 amide bonds. The van der Waals surface area contributed by atoms with E-state index in [0.717, 1.165) is 0 Å². The Morgan fingerprint density at radius 1 is 1.46 bits per heavy atom. The van der Waals surface area contributed by atoms with Crippen LogP contribution in [0.3, 0.4) is 0 Å². The van der Waals surface area contributed by atoms with Gasteiger partial charge < -0.3 is 14.9 Å². The highest BCUT2D eigenvalue weighted by Gasteiger charge is 2.40. The third-order valence-electron chi connectivity index (χ3n) is 1.91.